The molecule has 1 amide bonds. The number of hydrogen-bond donors (Lipinski definition) is 1. The van der Waals surface area contributed by atoms with Crippen molar-refractivity contribution in [3.63, 3.8) is 0 Å². The average molecular weight is 230 g/mol. The van der Waals surface area contributed by atoms with E-state index in [4.69, 9.17) is 10.5 Å². The molecular formula is C13H14N2O2. The van der Waals surface area contributed by atoms with Gasteiger partial charge < -0.3 is 10.5 Å². The Labute approximate surface area is 99.4 Å². The van der Waals surface area contributed by atoms with Crippen LogP contribution < -0.4 is 10.5 Å². The van der Waals surface area contributed by atoms with Crippen molar-refractivity contribution in [2.75, 3.05) is 6.61 Å². The number of hydrogen-bond acceptors (Lipinski definition) is 3. The molecule has 1 heterocycles. The molecule has 1 aromatic carbocycles. The Balaban J connectivity index is 2.60. The first-order valence-corrected chi connectivity index (χ1v) is 5.46. The van der Waals surface area contributed by atoms with Crippen LogP contribution in [0.15, 0.2) is 24.3 Å². The molecule has 2 N–H and O–H groups in total. The fourth-order valence-corrected chi connectivity index (χ4v) is 1.76. The van der Waals surface area contributed by atoms with Crippen molar-refractivity contribution in [3.05, 3.63) is 35.5 Å². The number of carbonyl (C=O) groups excluding carboxylic acids is 1. The molecule has 4 nitrogen and oxygen atoms in total. The summed E-state index contributed by atoms with van der Waals surface area (Å²) in [4.78, 5) is 15.3. The van der Waals surface area contributed by atoms with Crippen LogP contribution >= 0.6 is 0 Å². The third-order valence-electron chi connectivity index (χ3n) is 2.55. The minimum Gasteiger partial charge on any atom is -0.494 e. The summed E-state index contributed by atoms with van der Waals surface area (Å²) in [6, 6.07) is 7.29. The lowest BCUT2D eigenvalue weighted by atomic mass is 10.1. The predicted molar refractivity (Wildman–Crippen MR) is 66.2 cm³/mol. The summed E-state index contributed by atoms with van der Waals surface area (Å²) in [5.41, 5.74) is 7.23. The highest BCUT2D eigenvalue weighted by Crippen LogP contribution is 2.23. The molecule has 0 bridgehead atoms. The highest BCUT2D eigenvalue weighted by atomic mass is 16.5. The first-order valence-electron chi connectivity index (χ1n) is 5.46. The van der Waals surface area contributed by atoms with Crippen LogP contribution in [0.25, 0.3) is 10.9 Å². The Morgan fingerprint density at radius 1 is 1.41 bits per heavy atom. The lowest BCUT2D eigenvalue weighted by Gasteiger charge is -2.07. The van der Waals surface area contributed by atoms with E-state index in [0.717, 1.165) is 22.2 Å². The van der Waals surface area contributed by atoms with Crippen molar-refractivity contribution in [3.8, 4) is 5.75 Å². The normalized spacial score (nSPS) is 10.5. The molecule has 0 aliphatic heterocycles. The fraction of sp³-hybridized carbons (Fsp3) is 0.231. The van der Waals surface area contributed by atoms with E-state index in [0.29, 0.717) is 12.3 Å². The van der Waals surface area contributed by atoms with Crippen molar-refractivity contribution >= 4 is 16.8 Å². The molecule has 0 aliphatic carbocycles. The zero-order valence-corrected chi connectivity index (χ0v) is 9.86. The molecule has 0 spiro atoms. The second kappa shape index (κ2) is 4.41. The first-order chi connectivity index (χ1) is 8.11. The van der Waals surface area contributed by atoms with E-state index in [-0.39, 0.29) is 0 Å². The summed E-state index contributed by atoms with van der Waals surface area (Å²) >= 11 is 0. The summed E-state index contributed by atoms with van der Waals surface area (Å²) in [6.45, 7) is 4.48. The number of fused-ring (bicyclic) bond motifs is 1. The van der Waals surface area contributed by atoms with E-state index in [1.807, 2.05) is 32.0 Å². The lowest BCUT2D eigenvalue weighted by Crippen LogP contribution is -2.13. The third kappa shape index (κ3) is 2.20. The van der Waals surface area contributed by atoms with Crippen LogP contribution in [0.2, 0.25) is 0 Å². The molecule has 2 aromatic rings. The standard InChI is InChI=1S/C13H14N2O2/c1-3-17-9-4-5-11-10(7-9)8(2)6-12(15-11)13(14)16/h4-7H,3H2,1-2H3,(H2,14,16). The summed E-state index contributed by atoms with van der Waals surface area (Å²) < 4.78 is 5.43. The zero-order valence-electron chi connectivity index (χ0n) is 9.86. The van der Waals surface area contributed by atoms with Crippen LogP contribution in [0.4, 0.5) is 0 Å². The van der Waals surface area contributed by atoms with Crippen LogP contribution in [0.5, 0.6) is 5.75 Å². The van der Waals surface area contributed by atoms with Gasteiger partial charge in [0.15, 0.2) is 0 Å². The maximum absolute atomic E-state index is 11.1. The third-order valence-corrected chi connectivity index (χ3v) is 2.55. The summed E-state index contributed by atoms with van der Waals surface area (Å²) in [5, 5.41) is 0.973. The number of nitrogens with zero attached hydrogens (tertiary/aromatic N) is 1. The van der Waals surface area contributed by atoms with Crippen LogP contribution in [0.3, 0.4) is 0 Å². The van der Waals surface area contributed by atoms with Crippen molar-refractivity contribution in [1.82, 2.24) is 4.98 Å². The van der Waals surface area contributed by atoms with Gasteiger partial charge in [0.25, 0.3) is 5.91 Å². The zero-order chi connectivity index (χ0) is 12.4. The van der Waals surface area contributed by atoms with Gasteiger partial charge in [0.1, 0.15) is 11.4 Å². The minimum absolute atomic E-state index is 0.291. The van der Waals surface area contributed by atoms with Crippen molar-refractivity contribution in [1.29, 1.82) is 0 Å². The van der Waals surface area contributed by atoms with E-state index in [1.54, 1.807) is 6.07 Å². The summed E-state index contributed by atoms with van der Waals surface area (Å²) in [7, 11) is 0. The predicted octanol–water partition coefficient (Wildman–Crippen LogP) is 2.04. The van der Waals surface area contributed by atoms with E-state index >= 15 is 0 Å². The van der Waals surface area contributed by atoms with Gasteiger partial charge in [-0.3, -0.25) is 4.79 Å². The van der Waals surface area contributed by atoms with Gasteiger partial charge in [-0.1, -0.05) is 0 Å². The van der Waals surface area contributed by atoms with E-state index in [2.05, 4.69) is 4.98 Å². The second-order valence-corrected chi connectivity index (χ2v) is 3.80. The largest absolute Gasteiger partial charge is 0.494 e. The molecule has 2 rings (SSSR count). The van der Waals surface area contributed by atoms with E-state index < -0.39 is 5.91 Å². The summed E-state index contributed by atoms with van der Waals surface area (Å²) in [6.07, 6.45) is 0. The number of primary amides is 1. The Morgan fingerprint density at radius 3 is 2.82 bits per heavy atom. The van der Waals surface area contributed by atoms with Gasteiger partial charge in [-0.15, -0.1) is 0 Å². The number of carbonyl (C=O) groups is 1. The second-order valence-electron chi connectivity index (χ2n) is 3.80. The van der Waals surface area contributed by atoms with Crippen molar-refractivity contribution in [2.45, 2.75) is 13.8 Å². The highest BCUT2D eigenvalue weighted by Gasteiger charge is 2.07. The van der Waals surface area contributed by atoms with Gasteiger partial charge in [0.2, 0.25) is 0 Å². The van der Waals surface area contributed by atoms with Crippen LogP contribution in [-0.4, -0.2) is 17.5 Å². The van der Waals surface area contributed by atoms with Crippen molar-refractivity contribution < 1.29 is 9.53 Å². The summed E-state index contributed by atoms with van der Waals surface area (Å²) in [5.74, 6) is 0.292. The highest BCUT2D eigenvalue weighted by molar-refractivity contribution is 5.95. The molecule has 0 aliphatic rings. The van der Waals surface area contributed by atoms with Crippen LogP contribution in [0, 0.1) is 6.92 Å². The average Bonchev–Trinajstić information content (AvgIpc) is 2.30. The number of benzene rings is 1. The molecule has 0 unspecified atom stereocenters. The number of amides is 1. The Hall–Kier alpha value is -2.10. The number of ether oxygens (including phenoxy) is 1. The van der Waals surface area contributed by atoms with Gasteiger partial charge in [0.05, 0.1) is 12.1 Å². The molecule has 4 heteroatoms. The lowest BCUT2D eigenvalue weighted by molar-refractivity contribution is 0.0996. The maximum Gasteiger partial charge on any atom is 0.267 e. The molecule has 0 fully saturated rings. The Kier molecular flexibility index (Phi) is 2.95. The van der Waals surface area contributed by atoms with E-state index in [1.165, 1.54) is 0 Å². The fourth-order valence-electron chi connectivity index (χ4n) is 1.76. The van der Waals surface area contributed by atoms with Crippen LogP contribution in [0.1, 0.15) is 23.0 Å². The van der Waals surface area contributed by atoms with Gasteiger partial charge in [-0.05, 0) is 43.7 Å². The van der Waals surface area contributed by atoms with Gasteiger partial charge in [0, 0.05) is 5.39 Å². The smallest absolute Gasteiger partial charge is 0.267 e. The SMILES string of the molecule is CCOc1ccc2nc(C(N)=O)cc(C)c2c1. The topological polar surface area (TPSA) is 65.2 Å². The Morgan fingerprint density at radius 2 is 2.18 bits per heavy atom. The van der Waals surface area contributed by atoms with Gasteiger partial charge in [-0.2, -0.15) is 0 Å². The molecule has 0 atom stereocenters. The van der Waals surface area contributed by atoms with Gasteiger partial charge >= 0.3 is 0 Å². The van der Waals surface area contributed by atoms with Crippen LogP contribution in [-0.2, 0) is 0 Å². The quantitative estimate of drug-likeness (QED) is 0.877. The monoisotopic (exact) mass is 230 g/mol. The minimum atomic E-state index is -0.510. The number of aromatic nitrogens is 1. The number of rotatable bonds is 3. The molecule has 0 saturated carbocycles. The molecular weight excluding hydrogens is 216 g/mol. The number of aryl methyl sites for hydroxylation is 1. The molecule has 0 radical (unpaired) electrons. The molecule has 1 aromatic heterocycles. The molecule has 0 saturated heterocycles. The van der Waals surface area contributed by atoms with Gasteiger partial charge in [-0.25, -0.2) is 4.98 Å². The maximum atomic E-state index is 11.1. The number of pyridine rings is 1. The molecule has 88 valence electrons. The van der Waals surface area contributed by atoms with Crippen molar-refractivity contribution in [2.24, 2.45) is 5.73 Å². The van der Waals surface area contributed by atoms with E-state index in [9.17, 15) is 4.79 Å². The Bertz CT molecular complexity index is 579. The molecule has 17 heavy (non-hydrogen) atoms. The first kappa shape index (κ1) is 11.4. The number of nitrogens with two attached hydrogens (primary N) is 1.